The molecule has 3 nitrogen and oxygen atoms in total. The molecule has 0 aromatic rings. The van der Waals surface area contributed by atoms with Crippen molar-refractivity contribution >= 4 is 9.84 Å². The lowest BCUT2D eigenvalue weighted by molar-refractivity contribution is 0.378. The zero-order chi connectivity index (χ0) is 10.2. The van der Waals surface area contributed by atoms with Crippen LogP contribution in [0.5, 0.6) is 0 Å². The van der Waals surface area contributed by atoms with Crippen molar-refractivity contribution in [3.8, 4) is 0 Å². The second-order valence-electron chi connectivity index (χ2n) is 4.83. The lowest BCUT2D eigenvalue weighted by Crippen LogP contribution is -2.30. The van der Waals surface area contributed by atoms with Gasteiger partial charge in [-0.25, -0.2) is 8.42 Å². The first-order chi connectivity index (χ1) is 6.57. The van der Waals surface area contributed by atoms with Crippen LogP contribution in [0.2, 0.25) is 0 Å². The zero-order valence-electron chi connectivity index (χ0n) is 8.48. The first kappa shape index (κ1) is 10.4. The standard InChI is InChI=1S/C10H19NO2S/c11-10(9-1-2-9)7-8-3-5-14(12,13)6-4-8/h8-10H,1-7,11H2. The van der Waals surface area contributed by atoms with Crippen molar-refractivity contribution < 1.29 is 8.42 Å². The summed E-state index contributed by atoms with van der Waals surface area (Å²) in [5, 5.41) is 0. The van der Waals surface area contributed by atoms with E-state index in [1.165, 1.54) is 12.8 Å². The van der Waals surface area contributed by atoms with E-state index in [4.69, 9.17) is 5.73 Å². The van der Waals surface area contributed by atoms with E-state index < -0.39 is 9.84 Å². The van der Waals surface area contributed by atoms with E-state index in [9.17, 15) is 8.42 Å². The van der Waals surface area contributed by atoms with Crippen molar-refractivity contribution in [2.45, 2.75) is 38.1 Å². The van der Waals surface area contributed by atoms with Crippen LogP contribution in [0.1, 0.15) is 32.1 Å². The van der Waals surface area contributed by atoms with Crippen LogP contribution in [0.3, 0.4) is 0 Å². The predicted molar refractivity (Wildman–Crippen MR) is 56.7 cm³/mol. The first-order valence-corrected chi connectivity index (χ1v) is 7.35. The van der Waals surface area contributed by atoms with Crippen LogP contribution >= 0.6 is 0 Å². The van der Waals surface area contributed by atoms with E-state index in [0.29, 0.717) is 23.5 Å². The Hall–Kier alpha value is -0.0900. The summed E-state index contributed by atoms with van der Waals surface area (Å²) < 4.78 is 22.4. The van der Waals surface area contributed by atoms with Gasteiger partial charge >= 0.3 is 0 Å². The van der Waals surface area contributed by atoms with Gasteiger partial charge in [0.05, 0.1) is 11.5 Å². The largest absolute Gasteiger partial charge is 0.327 e. The highest BCUT2D eigenvalue weighted by molar-refractivity contribution is 7.91. The molecule has 1 saturated carbocycles. The molecule has 2 aliphatic rings. The molecule has 4 heteroatoms. The van der Waals surface area contributed by atoms with Gasteiger partial charge in [-0.05, 0) is 43.9 Å². The van der Waals surface area contributed by atoms with Crippen LogP contribution in [0, 0.1) is 11.8 Å². The highest BCUT2D eigenvalue weighted by Crippen LogP contribution is 2.35. The van der Waals surface area contributed by atoms with Crippen molar-refractivity contribution in [3.63, 3.8) is 0 Å². The summed E-state index contributed by atoms with van der Waals surface area (Å²) in [6.45, 7) is 0. The van der Waals surface area contributed by atoms with Crippen molar-refractivity contribution in [2.75, 3.05) is 11.5 Å². The van der Waals surface area contributed by atoms with Crippen molar-refractivity contribution in [3.05, 3.63) is 0 Å². The van der Waals surface area contributed by atoms with E-state index in [1.54, 1.807) is 0 Å². The molecule has 0 amide bonds. The van der Waals surface area contributed by atoms with Crippen LogP contribution in [-0.4, -0.2) is 26.0 Å². The average molecular weight is 217 g/mol. The van der Waals surface area contributed by atoms with Crippen LogP contribution < -0.4 is 5.73 Å². The third-order valence-corrected chi connectivity index (χ3v) is 5.22. The smallest absolute Gasteiger partial charge is 0.150 e. The zero-order valence-corrected chi connectivity index (χ0v) is 9.30. The monoisotopic (exact) mass is 217 g/mol. The van der Waals surface area contributed by atoms with Crippen LogP contribution in [0.4, 0.5) is 0 Å². The summed E-state index contributed by atoms with van der Waals surface area (Å²) >= 11 is 0. The normalized spacial score (nSPS) is 30.1. The van der Waals surface area contributed by atoms with E-state index in [-0.39, 0.29) is 0 Å². The fourth-order valence-electron chi connectivity index (χ4n) is 2.28. The van der Waals surface area contributed by atoms with E-state index in [1.807, 2.05) is 0 Å². The molecule has 0 bridgehead atoms. The third-order valence-electron chi connectivity index (χ3n) is 3.51. The maximum Gasteiger partial charge on any atom is 0.150 e. The Kier molecular flexibility index (Phi) is 2.84. The molecule has 1 saturated heterocycles. The molecular weight excluding hydrogens is 198 g/mol. The molecule has 0 spiro atoms. The minimum absolute atomic E-state index is 0.334. The van der Waals surface area contributed by atoms with Crippen molar-refractivity contribution in [1.29, 1.82) is 0 Å². The Morgan fingerprint density at radius 2 is 1.71 bits per heavy atom. The lowest BCUT2D eigenvalue weighted by Gasteiger charge is -2.24. The molecule has 2 N–H and O–H groups in total. The molecular formula is C10H19NO2S. The Bertz CT molecular complexity index is 281. The van der Waals surface area contributed by atoms with Gasteiger partial charge in [-0.2, -0.15) is 0 Å². The van der Waals surface area contributed by atoms with Crippen LogP contribution in [0.15, 0.2) is 0 Å². The van der Waals surface area contributed by atoms with Gasteiger partial charge in [-0.1, -0.05) is 0 Å². The quantitative estimate of drug-likeness (QED) is 0.765. The third kappa shape index (κ3) is 2.70. The molecule has 14 heavy (non-hydrogen) atoms. The highest BCUT2D eigenvalue weighted by Gasteiger charge is 2.32. The highest BCUT2D eigenvalue weighted by atomic mass is 32.2. The molecule has 2 fully saturated rings. The number of hydrogen-bond acceptors (Lipinski definition) is 3. The second kappa shape index (κ2) is 3.81. The second-order valence-corrected chi connectivity index (χ2v) is 7.14. The van der Waals surface area contributed by atoms with Crippen molar-refractivity contribution in [1.82, 2.24) is 0 Å². The summed E-state index contributed by atoms with van der Waals surface area (Å²) in [5.74, 6) is 2.08. The topological polar surface area (TPSA) is 60.2 Å². The fraction of sp³-hybridized carbons (Fsp3) is 1.00. The summed E-state index contributed by atoms with van der Waals surface area (Å²) in [6.07, 6.45) is 5.28. The molecule has 2 rings (SSSR count). The van der Waals surface area contributed by atoms with Gasteiger partial charge in [-0.3, -0.25) is 0 Å². The van der Waals surface area contributed by atoms with E-state index >= 15 is 0 Å². The molecule has 0 radical (unpaired) electrons. The Balaban J connectivity index is 1.77. The van der Waals surface area contributed by atoms with Gasteiger partial charge in [0.2, 0.25) is 0 Å². The van der Waals surface area contributed by atoms with Crippen LogP contribution in [0.25, 0.3) is 0 Å². The fourth-order valence-corrected chi connectivity index (χ4v) is 3.87. The molecule has 0 aromatic heterocycles. The van der Waals surface area contributed by atoms with E-state index in [0.717, 1.165) is 25.2 Å². The molecule has 1 heterocycles. The van der Waals surface area contributed by atoms with Gasteiger partial charge in [0.15, 0.2) is 0 Å². The Morgan fingerprint density at radius 1 is 1.14 bits per heavy atom. The number of sulfone groups is 1. The van der Waals surface area contributed by atoms with Gasteiger partial charge in [0, 0.05) is 6.04 Å². The Labute approximate surface area is 86.0 Å². The van der Waals surface area contributed by atoms with Gasteiger partial charge in [-0.15, -0.1) is 0 Å². The maximum atomic E-state index is 11.2. The van der Waals surface area contributed by atoms with Gasteiger partial charge in [0.25, 0.3) is 0 Å². The molecule has 1 aliphatic heterocycles. The average Bonchev–Trinajstić information content (AvgIpc) is 2.91. The molecule has 0 aromatic carbocycles. The van der Waals surface area contributed by atoms with E-state index in [2.05, 4.69) is 0 Å². The molecule has 1 atom stereocenters. The summed E-state index contributed by atoms with van der Waals surface area (Å²) in [4.78, 5) is 0. The number of hydrogen-bond donors (Lipinski definition) is 1. The first-order valence-electron chi connectivity index (χ1n) is 5.53. The molecule has 1 unspecified atom stereocenters. The lowest BCUT2D eigenvalue weighted by atomic mass is 9.93. The molecule has 82 valence electrons. The summed E-state index contributed by atoms with van der Waals surface area (Å²) in [5.41, 5.74) is 6.03. The molecule has 1 aliphatic carbocycles. The van der Waals surface area contributed by atoms with Gasteiger partial charge in [0.1, 0.15) is 9.84 Å². The maximum absolute atomic E-state index is 11.2. The Morgan fingerprint density at radius 3 is 2.21 bits per heavy atom. The predicted octanol–water partition coefficient (Wildman–Crippen LogP) is 0.939. The number of nitrogens with two attached hydrogens (primary N) is 1. The minimum atomic E-state index is -2.70. The van der Waals surface area contributed by atoms with Crippen LogP contribution in [-0.2, 0) is 9.84 Å². The SMILES string of the molecule is NC(CC1CCS(=O)(=O)CC1)C1CC1. The summed E-state index contributed by atoms with van der Waals surface area (Å²) in [6, 6.07) is 0.334. The minimum Gasteiger partial charge on any atom is -0.327 e. The summed E-state index contributed by atoms with van der Waals surface area (Å²) in [7, 11) is -2.70. The van der Waals surface area contributed by atoms with Gasteiger partial charge < -0.3 is 5.73 Å². The number of rotatable bonds is 3. The van der Waals surface area contributed by atoms with Crippen molar-refractivity contribution in [2.24, 2.45) is 17.6 Å².